The van der Waals surface area contributed by atoms with E-state index in [0.717, 1.165) is 19.6 Å². The average molecular weight is 257 g/mol. The third-order valence-electron chi connectivity index (χ3n) is 2.73. The number of thiazole rings is 1. The molecule has 0 spiro atoms. The van der Waals surface area contributed by atoms with Crippen LogP contribution in [0.25, 0.3) is 0 Å². The van der Waals surface area contributed by atoms with E-state index in [9.17, 15) is 0 Å². The molecule has 0 radical (unpaired) electrons. The Labute approximate surface area is 106 Å². The minimum atomic E-state index is 0.426. The van der Waals surface area contributed by atoms with E-state index in [1.54, 1.807) is 0 Å². The van der Waals surface area contributed by atoms with E-state index in [1.165, 1.54) is 21.5 Å². The van der Waals surface area contributed by atoms with Crippen molar-refractivity contribution >= 4 is 28.2 Å². The Hall–Kier alpha value is -0.260. The fraction of sp³-hybridized carbons (Fsp3) is 0.727. The van der Waals surface area contributed by atoms with Crippen LogP contribution in [0.5, 0.6) is 0 Å². The van der Waals surface area contributed by atoms with E-state index in [2.05, 4.69) is 29.0 Å². The van der Waals surface area contributed by atoms with Crippen molar-refractivity contribution in [1.29, 1.82) is 0 Å². The summed E-state index contributed by atoms with van der Waals surface area (Å²) >= 11 is 3.87. The molecule has 1 saturated heterocycles. The van der Waals surface area contributed by atoms with Gasteiger partial charge in [-0.25, -0.2) is 4.98 Å². The smallest absolute Gasteiger partial charge is 0.185 e. The molecule has 1 aliphatic rings. The van der Waals surface area contributed by atoms with E-state index >= 15 is 0 Å². The van der Waals surface area contributed by atoms with Crippen LogP contribution in [0.1, 0.15) is 24.8 Å². The first-order valence-corrected chi connectivity index (χ1v) is 7.80. The maximum atomic E-state index is 4.54. The van der Waals surface area contributed by atoms with Gasteiger partial charge in [-0.3, -0.25) is 0 Å². The summed E-state index contributed by atoms with van der Waals surface area (Å²) in [5.74, 6) is 2.47. The molecule has 1 unspecified atom stereocenters. The fourth-order valence-corrected chi connectivity index (χ4v) is 3.68. The van der Waals surface area contributed by atoms with Crippen molar-refractivity contribution in [3.63, 3.8) is 0 Å². The predicted octanol–water partition coefficient (Wildman–Crippen LogP) is 2.37. The topological polar surface area (TPSA) is 28.2 Å². The number of nitrogens with one attached hydrogen (secondary N) is 1. The summed E-state index contributed by atoms with van der Waals surface area (Å²) in [5, 5.41) is 4.62. The number of nitrogens with zero attached hydrogens (tertiary/aromatic N) is 2. The van der Waals surface area contributed by atoms with E-state index in [4.69, 9.17) is 0 Å². The van der Waals surface area contributed by atoms with Crippen LogP contribution >= 0.6 is 23.1 Å². The SMILES string of the molecule is CCNC(C)c1cnc(N2CCSCC2)s1. The number of aromatic nitrogens is 1. The van der Waals surface area contributed by atoms with E-state index in [0.29, 0.717) is 6.04 Å². The number of rotatable bonds is 4. The summed E-state index contributed by atoms with van der Waals surface area (Å²) in [5.41, 5.74) is 0. The van der Waals surface area contributed by atoms with Gasteiger partial charge in [0.2, 0.25) is 0 Å². The summed E-state index contributed by atoms with van der Waals surface area (Å²) in [4.78, 5) is 8.29. The molecule has 1 aromatic rings. The van der Waals surface area contributed by atoms with Crippen LogP contribution in [0, 0.1) is 0 Å². The number of anilines is 1. The lowest BCUT2D eigenvalue weighted by molar-refractivity contribution is 0.606. The summed E-state index contributed by atoms with van der Waals surface area (Å²) in [6.45, 7) is 7.64. The maximum absolute atomic E-state index is 4.54. The molecule has 0 amide bonds. The lowest BCUT2D eigenvalue weighted by Gasteiger charge is -2.25. The van der Waals surface area contributed by atoms with Crippen LogP contribution in [-0.2, 0) is 0 Å². The van der Waals surface area contributed by atoms with Gasteiger partial charge in [0, 0.05) is 41.7 Å². The van der Waals surface area contributed by atoms with Crippen LogP contribution in [0.4, 0.5) is 5.13 Å². The highest BCUT2D eigenvalue weighted by atomic mass is 32.2. The molecule has 0 bridgehead atoms. The molecule has 1 fully saturated rings. The molecular formula is C11H19N3S2. The van der Waals surface area contributed by atoms with Gasteiger partial charge in [0.05, 0.1) is 0 Å². The van der Waals surface area contributed by atoms with Gasteiger partial charge in [-0.2, -0.15) is 11.8 Å². The van der Waals surface area contributed by atoms with Gasteiger partial charge in [-0.15, -0.1) is 11.3 Å². The number of hydrogen-bond acceptors (Lipinski definition) is 5. The molecule has 0 aromatic carbocycles. The van der Waals surface area contributed by atoms with Gasteiger partial charge in [0.15, 0.2) is 5.13 Å². The highest BCUT2D eigenvalue weighted by Crippen LogP contribution is 2.28. The second-order valence-electron chi connectivity index (χ2n) is 3.92. The Balaban J connectivity index is 2.00. The van der Waals surface area contributed by atoms with Crippen molar-refractivity contribution in [3.8, 4) is 0 Å². The normalized spacial score (nSPS) is 18.8. The second-order valence-corrected chi connectivity index (χ2v) is 6.19. The fourth-order valence-electron chi connectivity index (χ4n) is 1.78. The standard InChI is InChI=1S/C11H19N3S2/c1-3-12-9(2)10-8-13-11(16-10)14-4-6-15-7-5-14/h8-9,12H,3-7H2,1-2H3. The summed E-state index contributed by atoms with van der Waals surface area (Å²) in [7, 11) is 0. The average Bonchev–Trinajstić information content (AvgIpc) is 2.80. The van der Waals surface area contributed by atoms with Gasteiger partial charge >= 0.3 is 0 Å². The number of hydrogen-bond donors (Lipinski definition) is 1. The molecule has 1 aliphatic heterocycles. The zero-order valence-corrected chi connectivity index (χ0v) is 11.5. The molecule has 5 heteroatoms. The third-order valence-corrected chi connectivity index (χ3v) is 4.91. The van der Waals surface area contributed by atoms with Crippen LogP contribution < -0.4 is 10.2 Å². The van der Waals surface area contributed by atoms with Gasteiger partial charge < -0.3 is 10.2 Å². The van der Waals surface area contributed by atoms with Gasteiger partial charge in [0.1, 0.15) is 0 Å². The quantitative estimate of drug-likeness (QED) is 0.896. The Morgan fingerprint density at radius 3 is 2.94 bits per heavy atom. The van der Waals surface area contributed by atoms with Crippen molar-refractivity contribution in [2.75, 3.05) is 36.0 Å². The summed E-state index contributed by atoms with van der Waals surface area (Å²) in [6, 6.07) is 0.426. The molecular weight excluding hydrogens is 238 g/mol. The molecule has 90 valence electrons. The van der Waals surface area contributed by atoms with Crippen molar-refractivity contribution in [2.45, 2.75) is 19.9 Å². The minimum Gasteiger partial charge on any atom is -0.346 e. The van der Waals surface area contributed by atoms with Crippen molar-refractivity contribution in [3.05, 3.63) is 11.1 Å². The Bertz CT molecular complexity index is 321. The first kappa shape index (κ1) is 12.2. The summed E-state index contributed by atoms with van der Waals surface area (Å²) in [6.07, 6.45) is 2.02. The zero-order valence-electron chi connectivity index (χ0n) is 9.90. The maximum Gasteiger partial charge on any atom is 0.185 e. The second kappa shape index (κ2) is 5.89. The molecule has 3 nitrogen and oxygen atoms in total. The highest BCUT2D eigenvalue weighted by Gasteiger charge is 2.16. The van der Waals surface area contributed by atoms with Gasteiger partial charge in [-0.1, -0.05) is 6.92 Å². The lowest BCUT2D eigenvalue weighted by Crippen LogP contribution is -2.32. The molecule has 2 heterocycles. The molecule has 0 aliphatic carbocycles. The first-order valence-electron chi connectivity index (χ1n) is 5.83. The first-order chi connectivity index (χ1) is 7.81. The van der Waals surface area contributed by atoms with Crippen LogP contribution in [0.2, 0.25) is 0 Å². The molecule has 1 N–H and O–H groups in total. The van der Waals surface area contributed by atoms with E-state index in [-0.39, 0.29) is 0 Å². The third kappa shape index (κ3) is 2.90. The molecule has 2 rings (SSSR count). The molecule has 16 heavy (non-hydrogen) atoms. The summed E-state index contributed by atoms with van der Waals surface area (Å²) < 4.78 is 0. The van der Waals surface area contributed by atoms with E-state index < -0.39 is 0 Å². The van der Waals surface area contributed by atoms with E-state index in [1.807, 2.05) is 29.3 Å². The van der Waals surface area contributed by atoms with Crippen molar-refractivity contribution in [2.24, 2.45) is 0 Å². The predicted molar refractivity (Wildman–Crippen MR) is 73.7 cm³/mol. The van der Waals surface area contributed by atoms with Crippen LogP contribution in [-0.4, -0.2) is 36.1 Å². The highest BCUT2D eigenvalue weighted by molar-refractivity contribution is 7.99. The molecule has 0 saturated carbocycles. The Kier molecular flexibility index (Phi) is 4.49. The Morgan fingerprint density at radius 2 is 2.25 bits per heavy atom. The van der Waals surface area contributed by atoms with Gasteiger partial charge in [0.25, 0.3) is 0 Å². The number of thioether (sulfide) groups is 1. The Morgan fingerprint density at radius 1 is 1.50 bits per heavy atom. The molecule has 1 atom stereocenters. The van der Waals surface area contributed by atoms with Crippen LogP contribution in [0.15, 0.2) is 6.20 Å². The zero-order chi connectivity index (χ0) is 11.4. The monoisotopic (exact) mass is 257 g/mol. The lowest BCUT2D eigenvalue weighted by atomic mass is 10.3. The van der Waals surface area contributed by atoms with Gasteiger partial charge in [-0.05, 0) is 13.5 Å². The largest absolute Gasteiger partial charge is 0.346 e. The van der Waals surface area contributed by atoms with Crippen LogP contribution in [0.3, 0.4) is 0 Å². The molecule has 1 aromatic heterocycles. The van der Waals surface area contributed by atoms with Crippen molar-refractivity contribution in [1.82, 2.24) is 10.3 Å². The minimum absolute atomic E-state index is 0.426. The van der Waals surface area contributed by atoms with Crippen molar-refractivity contribution < 1.29 is 0 Å².